The second-order valence-corrected chi connectivity index (χ2v) is 3.63. The topological polar surface area (TPSA) is 15.8 Å². The molecular weight excluding hydrogens is 182 g/mol. The lowest BCUT2D eigenvalue weighted by molar-refractivity contribution is 1.05. The number of fused-ring (bicyclic) bond motifs is 1. The van der Waals surface area contributed by atoms with Crippen LogP contribution in [0.25, 0.3) is 10.9 Å². The molecule has 2 rings (SSSR count). The summed E-state index contributed by atoms with van der Waals surface area (Å²) in [4.78, 5) is 3.44. The highest BCUT2D eigenvalue weighted by Gasteiger charge is 2.04. The lowest BCUT2D eigenvalue weighted by Gasteiger charge is -1.94. The zero-order valence-corrected chi connectivity index (χ0v) is 10.4. The summed E-state index contributed by atoms with van der Waals surface area (Å²) in [5.74, 6) is 0. The van der Waals surface area contributed by atoms with Crippen LogP contribution in [-0.4, -0.2) is 4.98 Å². The van der Waals surface area contributed by atoms with Gasteiger partial charge in [-0.25, -0.2) is 0 Å². The molecule has 1 nitrogen and oxygen atoms in total. The number of hydrogen-bond donors (Lipinski definition) is 1. The maximum atomic E-state index is 3.44. The van der Waals surface area contributed by atoms with Gasteiger partial charge in [-0.05, 0) is 38.0 Å². The van der Waals surface area contributed by atoms with Gasteiger partial charge in [0.15, 0.2) is 0 Å². The number of rotatable bonds is 1. The minimum Gasteiger partial charge on any atom is -0.358 e. The molecular formula is C14H21N. The molecule has 0 radical (unpaired) electrons. The van der Waals surface area contributed by atoms with Gasteiger partial charge < -0.3 is 4.98 Å². The second-order valence-electron chi connectivity index (χ2n) is 3.63. The molecule has 1 N–H and O–H groups in total. The molecule has 1 heteroatoms. The number of H-pyrrole nitrogens is 1. The van der Waals surface area contributed by atoms with Crippen molar-refractivity contribution in [1.82, 2.24) is 4.98 Å². The number of nitrogens with one attached hydrogen (secondary N) is 1. The predicted octanol–water partition coefficient (Wildman–Crippen LogP) is 4.37. The Balaban J connectivity index is 0.000000531. The van der Waals surface area contributed by atoms with Crippen molar-refractivity contribution in [3.05, 3.63) is 35.0 Å². The zero-order valence-electron chi connectivity index (χ0n) is 10.4. The van der Waals surface area contributed by atoms with Crippen LogP contribution in [0.1, 0.15) is 37.6 Å². The normalized spacial score (nSPS) is 9.93. The van der Waals surface area contributed by atoms with E-state index in [2.05, 4.69) is 44.0 Å². The van der Waals surface area contributed by atoms with Gasteiger partial charge in [0.2, 0.25) is 0 Å². The van der Waals surface area contributed by atoms with Gasteiger partial charge in [0.25, 0.3) is 0 Å². The molecule has 1 aromatic heterocycles. The van der Waals surface area contributed by atoms with Gasteiger partial charge in [-0.2, -0.15) is 0 Å². The number of hydrogen-bond acceptors (Lipinski definition) is 0. The minimum atomic E-state index is 1.08. The Bertz CT molecular complexity index is 438. The van der Waals surface area contributed by atoms with Crippen LogP contribution in [0.4, 0.5) is 0 Å². The van der Waals surface area contributed by atoms with Crippen molar-refractivity contribution < 1.29 is 0 Å². The first kappa shape index (κ1) is 11.8. The predicted molar refractivity (Wildman–Crippen MR) is 68.5 cm³/mol. The summed E-state index contributed by atoms with van der Waals surface area (Å²) in [6.45, 7) is 10.5. The highest BCUT2D eigenvalue weighted by atomic mass is 14.7. The highest BCUT2D eigenvalue weighted by Crippen LogP contribution is 2.22. The van der Waals surface area contributed by atoms with Crippen LogP contribution < -0.4 is 0 Å². The van der Waals surface area contributed by atoms with E-state index in [-0.39, 0.29) is 0 Å². The van der Waals surface area contributed by atoms with Crippen LogP contribution in [0, 0.1) is 13.8 Å². The van der Waals surface area contributed by atoms with Crippen LogP contribution >= 0.6 is 0 Å². The molecule has 0 aliphatic carbocycles. The third kappa shape index (κ3) is 2.23. The van der Waals surface area contributed by atoms with E-state index in [1.165, 1.54) is 27.7 Å². The quantitative estimate of drug-likeness (QED) is 0.708. The van der Waals surface area contributed by atoms with Crippen molar-refractivity contribution in [2.45, 2.75) is 41.0 Å². The van der Waals surface area contributed by atoms with E-state index in [0.29, 0.717) is 0 Å². The van der Waals surface area contributed by atoms with Crippen molar-refractivity contribution in [2.24, 2.45) is 0 Å². The zero-order chi connectivity index (χ0) is 11.4. The fourth-order valence-electron chi connectivity index (χ4n) is 1.85. The molecule has 0 spiro atoms. The molecule has 0 saturated heterocycles. The van der Waals surface area contributed by atoms with E-state index in [0.717, 1.165) is 6.42 Å². The Hall–Kier alpha value is -1.24. The monoisotopic (exact) mass is 203 g/mol. The fourth-order valence-corrected chi connectivity index (χ4v) is 1.85. The summed E-state index contributed by atoms with van der Waals surface area (Å²) in [6.07, 6.45) is 1.08. The molecule has 82 valence electrons. The van der Waals surface area contributed by atoms with Gasteiger partial charge in [0, 0.05) is 16.6 Å². The van der Waals surface area contributed by atoms with Crippen molar-refractivity contribution in [1.29, 1.82) is 0 Å². The lowest BCUT2D eigenvalue weighted by atomic mass is 10.1. The van der Waals surface area contributed by atoms with E-state index in [4.69, 9.17) is 0 Å². The Morgan fingerprint density at radius 2 is 1.80 bits per heavy atom. The van der Waals surface area contributed by atoms with Gasteiger partial charge in [-0.15, -0.1) is 0 Å². The standard InChI is InChI=1S/C12H15N.C2H6/c1-4-11-9(3)10-7-8(2)5-6-12(10)13-11;1-2/h5-7,13H,4H2,1-3H3;1-2H3. The SMILES string of the molecule is CC.CCc1[nH]c2ccc(C)cc2c1C. The average molecular weight is 203 g/mol. The third-order valence-electron chi connectivity index (χ3n) is 2.67. The molecule has 2 aromatic rings. The minimum absolute atomic E-state index is 1.08. The van der Waals surface area contributed by atoms with Crippen molar-refractivity contribution >= 4 is 10.9 Å². The molecule has 0 atom stereocenters. The summed E-state index contributed by atoms with van der Waals surface area (Å²) in [6, 6.07) is 6.56. The highest BCUT2D eigenvalue weighted by molar-refractivity contribution is 5.85. The van der Waals surface area contributed by atoms with Crippen LogP contribution in [-0.2, 0) is 6.42 Å². The Morgan fingerprint density at radius 1 is 1.13 bits per heavy atom. The van der Waals surface area contributed by atoms with Crippen LogP contribution in [0.15, 0.2) is 18.2 Å². The fraction of sp³-hybridized carbons (Fsp3) is 0.429. The van der Waals surface area contributed by atoms with E-state index in [1.807, 2.05) is 13.8 Å². The number of aromatic nitrogens is 1. The average Bonchev–Trinajstić information content (AvgIpc) is 2.59. The maximum Gasteiger partial charge on any atom is 0.0459 e. The molecule has 1 heterocycles. The lowest BCUT2D eigenvalue weighted by Crippen LogP contribution is -1.80. The first-order valence-electron chi connectivity index (χ1n) is 5.80. The molecule has 0 fully saturated rings. The molecule has 0 bridgehead atoms. The van der Waals surface area contributed by atoms with Crippen LogP contribution in [0.5, 0.6) is 0 Å². The molecule has 0 aliphatic rings. The molecule has 0 saturated carbocycles. The summed E-state index contributed by atoms with van der Waals surface area (Å²) in [5.41, 5.74) is 5.36. The van der Waals surface area contributed by atoms with Gasteiger partial charge in [-0.3, -0.25) is 0 Å². The molecule has 0 aliphatic heterocycles. The molecule has 15 heavy (non-hydrogen) atoms. The van der Waals surface area contributed by atoms with Crippen molar-refractivity contribution in [3.63, 3.8) is 0 Å². The van der Waals surface area contributed by atoms with Gasteiger partial charge in [0.1, 0.15) is 0 Å². The maximum absolute atomic E-state index is 3.44. The first-order valence-corrected chi connectivity index (χ1v) is 5.80. The summed E-state index contributed by atoms with van der Waals surface area (Å²) < 4.78 is 0. The third-order valence-corrected chi connectivity index (χ3v) is 2.67. The largest absolute Gasteiger partial charge is 0.358 e. The Labute approximate surface area is 92.5 Å². The Morgan fingerprint density at radius 3 is 2.40 bits per heavy atom. The van der Waals surface area contributed by atoms with Gasteiger partial charge in [-0.1, -0.05) is 32.4 Å². The van der Waals surface area contributed by atoms with Gasteiger partial charge in [0.05, 0.1) is 0 Å². The number of benzene rings is 1. The number of aryl methyl sites for hydroxylation is 3. The van der Waals surface area contributed by atoms with Gasteiger partial charge >= 0.3 is 0 Å². The number of aromatic amines is 1. The van der Waals surface area contributed by atoms with Crippen molar-refractivity contribution in [2.75, 3.05) is 0 Å². The van der Waals surface area contributed by atoms with E-state index >= 15 is 0 Å². The van der Waals surface area contributed by atoms with Crippen molar-refractivity contribution in [3.8, 4) is 0 Å². The molecule has 0 unspecified atom stereocenters. The van der Waals surface area contributed by atoms with E-state index in [9.17, 15) is 0 Å². The van der Waals surface area contributed by atoms with E-state index < -0.39 is 0 Å². The summed E-state index contributed by atoms with van der Waals surface area (Å²) in [7, 11) is 0. The second kappa shape index (κ2) is 5.01. The smallest absolute Gasteiger partial charge is 0.0459 e. The summed E-state index contributed by atoms with van der Waals surface area (Å²) in [5, 5.41) is 1.37. The Kier molecular flexibility index (Phi) is 3.96. The summed E-state index contributed by atoms with van der Waals surface area (Å²) >= 11 is 0. The first-order chi connectivity index (χ1) is 7.22. The van der Waals surface area contributed by atoms with Crippen LogP contribution in [0.3, 0.4) is 0 Å². The van der Waals surface area contributed by atoms with E-state index in [1.54, 1.807) is 0 Å². The van der Waals surface area contributed by atoms with Crippen LogP contribution in [0.2, 0.25) is 0 Å². The molecule has 0 amide bonds. The molecule has 1 aromatic carbocycles.